The van der Waals surface area contributed by atoms with Crippen LogP contribution in [0.4, 0.5) is 4.39 Å². The fraction of sp³-hybridized carbons (Fsp3) is 0.583. The Hall–Kier alpha value is -1.52. The Balaban J connectivity index is 2.10. The van der Waals surface area contributed by atoms with Gasteiger partial charge in [-0.3, -0.25) is 0 Å². The first-order valence-electron chi connectivity index (χ1n) is 6.12. The van der Waals surface area contributed by atoms with Crippen LogP contribution in [0.2, 0.25) is 0 Å². The molecular weight excluding hydrogens is 219 g/mol. The molecule has 0 amide bonds. The number of imidazole rings is 1. The fourth-order valence-corrected chi connectivity index (χ4v) is 2.65. The molecule has 4 nitrogen and oxygen atoms in total. The molecule has 3 rings (SSSR count). The first kappa shape index (κ1) is 10.6. The molecular formula is C12H15FN4. The van der Waals surface area contributed by atoms with E-state index in [-0.39, 0.29) is 0 Å². The molecule has 1 aliphatic rings. The number of hydrogen-bond donors (Lipinski definition) is 0. The van der Waals surface area contributed by atoms with Gasteiger partial charge in [-0.15, -0.1) is 0 Å². The van der Waals surface area contributed by atoms with Crippen molar-refractivity contribution in [1.82, 2.24) is 19.5 Å². The maximum Gasteiger partial charge on any atom is 0.310 e. The van der Waals surface area contributed by atoms with E-state index in [1.165, 1.54) is 19.3 Å². The first-order chi connectivity index (χ1) is 8.25. The van der Waals surface area contributed by atoms with Gasteiger partial charge in [0.25, 0.3) is 0 Å². The van der Waals surface area contributed by atoms with Gasteiger partial charge in [0.05, 0.1) is 12.0 Å². The maximum atomic E-state index is 13.3. The predicted molar refractivity (Wildman–Crippen MR) is 62.1 cm³/mol. The molecule has 2 aromatic rings. The van der Waals surface area contributed by atoms with E-state index in [1.807, 2.05) is 4.57 Å². The van der Waals surface area contributed by atoms with Crippen LogP contribution in [-0.4, -0.2) is 19.5 Å². The maximum absolute atomic E-state index is 13.3. The van der Waals surface area contributed by atoms with Crippen LogP contribution >= 0.6 is 0 Å². The highest BCUT2D eigenvalue weighted by Crippen LogP contribution is 2.30. The van der Waals surface area contributed by atoms with E-state index in [1.54, 1.807) is 13.3 Å². The van der Waals surface area contributed by atoms with Crippen molar-refractivity contribution in [2.24, 2.45) is 0 Å². The van der Waals surface area contributed by atoms with Gasteiger partial charge in [-0.05, 0) is 19.8 Å². The van der Waals surface area contributed by atoms with Crippen molar-refractivity contribution in [3.8, 4) is 0 Å². The molecule has 90 valence electrons. The summed E-state index contributed by atoms with van der Waals surface area (Å²) in [5.41, 5.74) is 1.97. The molecule has 0 spiro atoms. The van der Waals surface area contributed by atoms with Gasteiger partial charge in [-0.25, -0.2) is 9.97 Å². The van der Waals surface area contributed by atoms with Crippen molar-refractivity contribution in [1.29, 1.82) is 0 Å². The van der Waals surface area contributed by atoms with E-state index in [2.05, 4.69) is 15.0 Å². The van der Waals surface area contributed by atoms with Crippen molar-refractivity contribution >= 4 is 11.2 Å². The van der Waals surface area contributed by atoms with Crippen LogP contribution in [0, 0.1) is 13.0 Å². The molecule has 1 aliphatic carbocycles. The summed E-state index contributed by atoms with van der Waals surface area (Å²) in [6.07, 6.45) is 7.15. The van der Waals surface area contributed by atoms with Gasteiger partial charge < -0.3 is 4.57 Å². The lowest BCUT2D eigenvalue weighted by Gasteiger charge is -2.23. The molecule has 0 aromatic carbocycles. The van der Waals surface area contributed by atoms with Gasteiger partial charge in [0.1, 0.15) is 5.52 Å². The van der Waals surface area contributed by atoms with Gasteiger partial charge in [0, 0.05) is 6.04 Å². The van der Waals surface area contributed by atoms with Crippen molar-refractivity contribution < 1.29 is 4.39 Å². The molecule has 0 saturated heterocycles. The third-order valence-electron chi connectivity index (χ3n) is 3.54. The summed E-state index contributed by atoms with van der Waals surface area (Å²) in [7, 11) is 0. The van der Waals surface area contributed by atoms with Crippen LogP contribution in [0.15, 0.2) is 6.33 Å². The van der Waals surface area contributed by atoms with Gasteiger partial charge in [0.15, 0.2) is 5.65 Å². The summed E-state index contributed by atoms with van der Waals surface area (Å²) < 4.78 is 15.3. The van der Waals surface area contributed by atoms with Crippen LogP contribution in [0.25, 0.3) is 11.2 Å². The Morgan fingerprint density at radius 1 is 1.24 bits per heavy atom. The molecule has 17 heavy (non-hydrogen) atoms. The highest BCUT2D eigenvalue weighted by molar-refractivity contribution is 5.72. The lowest BCUT2D eigenvalue weighted by atomic mass is 9.95. The SMILES string of the molecule is Cc1nc(F)nc2c1ncn2C1CCCCC1. The molecule has 2 heterocycles. The molecule has 0 atom stereocenters. The first-order valence-corrected chi connectivity index (χ1v) is 6.12. The third-order valence-corrected chi connectivity index (χ3v) is 3.54. The molecule has 5 heteroatoms. The fourth-order valence-electron chi connectivity index (χ4n) is 2.65. The second kappa shape index (κ2) is 4.05. The lowest BCUT2D eigenvalue weighted by Crippen LogP contribution is -2.12. The average molecular weight is 234 g/mol. The Morgan fingerprint density at radius 3 is 2.76 bits per heavy atom. The molecule has 0 radical (unpaired) electrons. The smallest absolute Gasteiger partial charge is 0.310 e. The van der Waals surface area contributed by atoms with E-state index >= 15 is 0 Å². The predicted octanol–water partition coefficient (Wildman–Crippen LogP) is 2.78. The van der Waals surface area contributed by atoms with Crippen LogP contribution in [0.1, 0.15) is 43.8 Å². The van der Waals surface area contributed by atoms with E-state index in [4.69, 9.17) is 0 Å². The Morgan fingerprint density at radius 2 is 2.00 bits per heavy atom. The lowest BCUT2D eigenvalue weighted by molar-refractivity contribution is 0.357. The Bertz CT molecular complexity index is 543. The average Bonchev–Trinajstić information content (AvgIpc) is 2.74. The second-order valence-corrected chi connectivity index (χ2v) is 4.69. The number of nitrogens with zero attached hydrogens (tertiary/aromatic N) is 4. The zero-order valence-corrected chi connectivity index (χ0v) is 9.86. The minimum atomic E-state index is -0.660. The van der Waals surface area contributed by atoms with Gasteiger partial charge >= 0.3 is 6.08 Å². The zero-order valence-electron chi connectivity index (χ0n) is 9.86. The van der Waals surface area contributed by atoms with E-state index < -0.39 is 6.08 Å². The zero-order chi connectivity index (χ0) is 11.8. The summed E-state index contributed by atoms with van der Waals surface area (Å²) >= 11 is 0. The van der Waals surface area contributed by atoms with Gasteiger partial charge in [-0.1, -0.05) is 19.3 Å². The number of aryl methyl sites for hydroxylation is 1. The Labute approximate surface area is 98.9 Å². The molecule has 2 aromatic heterocycles. The number of hydrogen-bond acceptors (Lipinski definition) is 3. The topological polar surface area (TPSA) is 43.6 Å². The van der Waals surface area contributed by atoms with Gasteiger partial charge in [0.2, 0.25) is 0 Å². The number of halogens is 1. The second-order valence-electron chi connectivity index (χ2n) is 4.69. The summed E-state index contributed by atoms with van der Waals surface area (Å²) in [5.74, 6) is 0. The van der Waals surface area contributed by atoms with Crippen molar-refractivity contribution in [3.05, 3.63) is 18.1 Å². The molecule has 0 N–H and O–H groups in total. The molecule has 1 fully saturated rings. The van der Waals surface area contributed by atoms with Crippen LogP contribution < -0.4 is 0 Å². The molecule has 0 bridgehead atoms. The summed E-state index contributed by atoms with van der Waals surface area (Å²) in [5, 5.41) is 0. The van der Waals surface area contributed by atoms with Crippen molar-refractivity contribution in [2.75, 3.05) is 0 Å². The van der Waals surface area contributed by atoms with Crippen LogP contribution in [0.5, 0.6) is 0 Å². The summed E-state index contributed by atoms with van der Waals surface area (Å²) in [4.78, 5) is 11.9. The highest BCUT2D eigenvalue weighted by atomic mass is 19.1. The molecule has 1 saturated carbocycles. The standard InChI is InChI=1S/C12H15FN4/c1-8-10-11(16-12(13)15-8)17(7-14-10)9-5-3-2-4-6-9/h7,9H,2-6H2,1H3. The van der Waals surface area contributed by atoms with Crippen LogP contribution in [-0.2, 0) is 0 Å². The highest BCUT2D eigenvalue weighted by Gasteiger charge is 2.19. The minimum absolute atomic E-state index is 0.419. The summed E-state index contributed by atoms with van der Waals surface area (Å²) in [6.45, 7) is 1.77. The van der Waals surface area contributed by atoms with E-state index in [0.717, 1.165) is 18.4 Å². The van der Waals surface area contributed by atoms with Gasteiger partial charge in [-0.2, -0.15) is 9.37 Å². The van der Waals surface area contributed by atoms with E-state index in [9.17, 15) is 4.39 Å². The normalized spacial score (nSPS) is 17.8. The number of aromatic nitrogens is 4. The van der Waals surface area contributed by atoms with Crippen LogP contribution in [0.3, 0.4) is 0 Å². The number of fused-ring (bicyclic) bond motifs is 1. The third kappa shape index (κ3) is 1.79. The number of rotatable bonds is 1. The largest absolute Gasteiger partial charge is 0.312 e. The molecule has 0 aliphatic heterocycles. The minimum Gasteiger partial charge on any atom is -0.312 e. The summed E-state index contributed by atoms with van der Waals surface area (Å²) in [6, 6.07) is 0.419. The molecule has 0 unspecified atom stereocenters. The Kier molecular flexibility index (Phi) is 2.53. The monoisotopic (exact) mass is 234 g/mol. The van der Waals surface area contributed by atoms with Crippen molar-refractivity contribution in [3.63, 3.8) is 0 Å². The van der Waals surface area contributed by atoms with Crippen molar-refractivity contribution in [2.45, 2.75) is 45.1 Å². The quantitative estimate of drug-likeness (QED) is 0.712. The van der Waals surface area contributed by atoms with E-state index in [0.29, 0.717) is 17.4 Å².